The summed E-state index contributed by atoms with van der Waals surface area (Å²) in [6, 6.07) is 12.4. The van der Waals surface area contributed by atoms with Crippen LogP contribution in [0.25, 0.3) is 5.69 Å². The van der Waals surface area contributed by atoms with Crippen LogP contribution >= 0.6 is 0 Å². The number of alkyl halides is 3. The predicted molar refractivity (Wildman–Crippen MR) is 122 cm³/mol. The van der Waals surface area contributed by atoms with E-state index >= 15 is 0 Å². The van der Waals surface area contributed by atoms with Crippen molar-refractivity contribution in [3.63, 3.8) is 0 Å². The molecule has 1 fully saturated rings. The van der Waals surface area contributed by atoms with Crippen molar-refractivity contribution in [2.75, 3.05) is 18.0 Å². The minimum Gasteiger partial charge on any atom is -0.371 e. The van der Waals surface area contributed by atoms with E-state index in [1.165, 1.54) is 16.8 Å². The molecule has 3 aromatic rings. The van der Waals surface area contributed by atoms with Crippen LogP contribution in [0.15, 0.2) is 48.5 Å². The zero-order valence-corrected chi connectivity index (χ0v) is 18.9. The fraction of sp³-hybridized carbons (Fsp3) is 0.320. The zero-order chi connectivity index (χ0) is 24.5. The fourth-order valence-electron chi connectivity index (χ4n) is 4.33. The summed E-state index contributed by atoms with van der Waals surface area (Å²) in [6.07, 6.45) is -2.27. The van der Waals surface area contributed by atoms with Crippen molar-refractivity contribution in [2.24, 2.45) is 0 Å². The van der Waals surface area contributed by atoms with Crippen LogP contribution in [0.1, 0.15) is 45.7 Å². The van der Waals surface area contributed by atoms with Gasteiger partial charge in [0, 0.05) is 25.3 Å². The second kappa shape index (κ2) is 9.32. The number of Topliss-reactive ketones (excluding diaryl/α,β-unsaturated/α-hetero) is 1. The highest BCUT2D eigenvalue weighted by molar-refractivity contribution is 6.43. The van der Waals surface area contributed by atoms with Gasteiger partial charge in [-0.3, -0.25) is 9.59 Å². The van der Waals surface area contributed by atoms with Crippen molar-refractivity contribution in [1.82, 2.24) is 15.1 Å². The molecule has 4 rings (SSSR count). The van der Waals surface area contributed by atoms with Gasteiger partial charge in [-0.1, -0.05) is 24.3 Å². The normalized spacial score (nSPS) is 13.9. The second-order valence-corrected chi connectivity index (χ2v) is 8.34. The van der Waals surface area contributed by atoms with Gasteiger partial charge in [-0.2, -0.15) is 18.3 Å². The van der Waals surface area contributed by atoms with Crippen molar-refractivity contribution in [2.45, 2.75) is 39.4 Å². The fourth-order valence-corrected chi connectivity index (χ4v) is 4.33. The summed E-state index contributed by atoms with van der Waals surface area (Å²) in [5, 5.41) is 6.93. The molecule has 1 aromatic heterocycles. The van der Waals surface area contributed by atoms with Gasteiger partial charge in [0.15, 0.2) is 0 Å². The first-order valence-corrected chi connectivity index (χ1v) is 11.1. The Morgan fingerprint density at radius 3 is 2.44 bits per heavy atom. The molecule has 0 spiro atoms. The van der Waals surface area contributed by atoms with Gasteiger partial charge in [0.2, 0.25) is 0 Å². The number of hydrogen-bond acceptors (Lipinski definition) is 4. The van der Waals surface area contributed by atoms with Crippen molar-refractivity contribution in [1.29, 1.82) is 0 Å². The summed E-state index contributed by atoms with van der Waals surface area (Å²) in [6.45, 7) is 5.22. The number of benzene rings is 2. The minimum absolute atomic E-state index is 0.0859. The smallest absolute Gasteiger partial charge is 0.371 e. The summed E-state index contributed by atoms with van der Waals surface area (Å²) < 4.78 is 40.6. The lowest BCUT2D eigenvalue weighted by molar-refractivity contribution is -0.137. The van der Waals surface area contributed by atoms with Gasteiger partial charge in [-0.05, 0) is 56.5 Å². The SMILES string of the molecule is Cc1nn(-c2cccc(C(F)(F)F)c2)c(C)c1C(=O)C(=O)NCc1ccccc1N1CCCC1. The van der Waals surface area contributed by atoms with Crippen molar-refractivity contribution >= 4 is 17.4 Å². The molecule has 1 saturated heterocycles. The lowest BCUT2D eigenvalue weighted by Crippen LogP contribution is -2.32. The molecule has 1 aliphatic heterocycles. The van der Waals surface area contributed by atoms with E-state index in [0.717, 1.165) is 49.3 Å². The molecule has 1 amide bonds. The van der Waals surface area contributed by atoms with E-state index in [-0.39, 0.29) is 23.5 Å². The number of amides is 1. The Kier molecular flexibility index (Phi) is 6.45. The van der Waals surface area contributed by atoms with Gasteiger partial charge in [0.1, 0.15) is 0 Å². The number of nitrogens with one attached hydrogen (secondary N) is 1. The Hall–Kier alpha value is -3.62. The largest absolute Gasteiger partial charge is 0.416 e. The number of ketones is 1. The average molecular weight is 470 g/mol. The molecule has 1 N–H and O–H groups in total. The van der Waals surface area contributed by atoms with Crippen LogP contribution in [-0.4, -0.2) is 34.6 Å². The summed E-state index contributed by atoms with van der Waals surface area (Å²) in [4.78, 5) is 27.9. The molecule has 9 heteroatoms. The number of hydrogen-bond donors (Lipinski definition) is 1. The molecule has 0 bridgehead atoms. The van der Waals surface area contributed by atoms with E-state index < -0.39 is 23.4 Å². The van der Waals surface area contributed by atoms with Crippen LogP contribution in [0.4, 0.5) is 18.9 Å². The summed E-state index contributed by atoms with van der Waals surface area (Å²) in [7, 11) is 0. The van der Waals surface area contributed by atoms with E-state index in [0.29, 0.717) is 5.69 Å². The number of halogens is 3. The van der Waals surface area contributed by atoms with Gasteiger partial charge in [0.05, 0.1) is 28.2 Å². The average Bonchev–Trinajstić information content (AvgIpc) is 3.45. The number of carbonyl (C=O) groups is 2. The van der Waals surface area contributed by atoms with Crippen LogP contribution in [0.2, 0.25) is 0 Å². The maximum atomic E-state index is 13.1. The van der Waals surface area contributed by atoms with E-state index in [2.05, 4.69) is 15.3 Å². The highest BCUT2D eigenvalue weighted by Crippen LogP contribution is 2.31. The third kappa shape index (κ3) is 4.69. The van der Waals surface area contributed by atoms with Crippen molar-refractivity contribution in [3.8, 4) is 5.69 Å². The van der Waals surface area contributed by atoms with Gasteiger partial charge in [-0.15, -0.1) is 0 Å². The number of anilines is 1. The molecule has 0 aliphatic carbocycles. The lowest BCUT2D eigenvalue weighted by Gasteiger charge is -2.21. The van der Waals surface area contributed by atoms with Gasteiger partial charge >= 0.3 is 6.18 Å². The summed E-state index contributed by atoms with van der Waals surface area (Å²) in [5.74, 6) is -1.56. The monoisotopic (exact) mass is 470 g/mol. The number of nitrogens with zero attached hydrogens (tertiary/aromatic N) is 3. The minimum atomic E-state index is -4.50. The third-order valence-corrected chi connectivity index (χ3v) is 6.02. The number of para-hydroxylation sites is 1. The van der Waals surface area contributed by atoms with Gasteiger partial charge in [-0.25, -0.2) is 4.68 Å². The van der Waals surface area contributed by atoms with E-state index in [1.807, 2.05) is 24.3 Å². The quantitative estimate of drug-likeness (QED) is 0.422. The van der Waals surface area contributed by atoms with Crippen LogP contribution in [-0.2, 0) is 17.5 Å². The van der Waals surface area contributed by atoms with Gasteiger partial charge in [0.25, 0.3) is 11.7 Å². The maximum absolute atomic E-state index is 13.1. The number of carbonyl (C=O) groups excluding carboxylic acids is 2. The van der Waals surface area contributed by atoms with Crippen LogP contribution in [0.5, 0.6) is 0 Å². The molecule has 0 saturated carbocycles. The first-order chi connectivity index (χ1) is 16.2. The molecule has 34 heavy (non-hydrogen) atoms. The highest BCUT2D eigenvalue weighted by Gasteiger charge is 2.31. The Morgan fingerprint density at radius 2 is 1.74 bits per heavy atom. The number of aromatic nitrogens is 2. The topological polar surface area (TPSA) is 67.2 Å². The first kappa shape index (κ1) is 23.5. The maximum Gasteiger partial charge on any atom is 0.416 e. The van der Waals surface area contributed by atoms with Crippen LogP contribution < -0.4 is 10.2 Å². The highest BCUT2D eigenvalue weighted by atomic mass is 19.4. The number of rotatable bonds is 6. The van der Waals surface area contributed by atoms with E-state index in [9.17, 15) is 22.8 Å². The Morgan fingerprint density at radius 1 is 1.03 bits per heavy atom. The first-order valence-electron chi connectivity index (χ1n) is 11.1. The Labute approximate surface area is 195 Å². The predicted octanol–water partition coefficient (Wildman–Crippen LogP) is 4.61. The second-order valence-electron chi connectivity index (χ2n) is 8.34. The third-order valence-electron chi connectivity index (χ3n) is 6.02. The molecule has 0 radical (unpaired) electrons. The molecular formula is C25H25F3N4O2. The molecule has 178 valence electrons. The number of aryl methyl sites for hydroxylation is 1. The zero-order valence-electron chi connectivity index (χ0n) is 18.9. The molecule has 6 nitrogen and oxygen atoms in total. The van der Waals surface area contributed by atoms with Crippen LogP contribution in [0, 0.1) is 13.8 Å². The molecule has 2 heterocycles. The molecule has 0 atom stereocenters. The van der Waals surface area contributed by atoms with E-state index in [1.54, 1.807) is 13.8 Å². The Bertz CT molecular complexity index is 1230. The van der Waals surface area contributed by atoms with Crippen LogP contribution in [0.3, 0.4) is 0 Å². The van der Waals surface area contributed by atoms with E-state index in [4.69, 9.17) is 0 Å². The molecular weight excluding hydrogens is 445 g/mol. The standard InChI is InChI=1S/C25H25F3N4O2/c1-16-22(17(2)32(30-16)20-10-7-9-19(14-20)25(26,27)28)23(33)24(34)29-15-18-8-3-4-11-21(18)31-12-5-6-13-31/h3-4,7-11,14H,5-6,12-13,15H2,1-2H3,(H,29,34). The molecule has 0 unspecified atom stereocenters. The van der Waals surface area contributed by atoms with Crippen molar-refractivity contribution in [3.05, 3.63) is 76.6 Å². The Balaban J connectivity index is 1.53. The lowest BCUT2D eigenvalue weighted by atomic mass is 10.1. The van der Waals surface area contributed by atoms with Gasteiger partial charge < -0.3 is 10.2 Å². The molecule has 1 aliphatic rings. The summed E-state index contributed by atoms with van der Waals surface area (Å²) in [5.41, 5.74) is 1.95. The van der Waals surface area contributed by atoms with Crippen molar-refractivity contribution < 1.29 is 22.8 Å². The summed E-state index contributed by atoms with van der Waals surface area (Å²) >= 11 is 0. The molecule has 2 aromatic carbocycles.